The molecule has 6 aromatic rings. The van der Waals surface area contributed by atoms with Crippen LogP contribution in [0, 0.1) is 0 Å². The van der Waals surface area contributed by atoms with E-state index in [2.05, 4.69) is 94.4 Å². The lowest BCUT2D eigenvalue weighted by Crippen LogP contribution is -2.22. The van der Waals surface area contributed by atoms with Gasteiger partial charge in [0.1, 0.15) is 11.5 Å². The van der Waals surface area contributed by atoms with Gasteiger partial charge >= 0.3 is 0 Å². The highest BCUT2D eigenvalue weighted by Gasteiger charge is 2.26. The van der Waals surface area contributed by atoms with Gasteiger partial charge < -0.3 is 115 Å². The average Bonchev–Trinajstić information content (AvgIpc) is 0.807. The van der Waals surface area contributed by atoms with Gasteiger partial charge in [0.15, 0.2) is 109 Å². The molecule has 4 N–H and O–H groups in total. The number of phenolic OH excluding ortho intramolecular Hbond substituents is 4. The molecule has 0 saturated heterocycles. The summed E-state index contributed by atoms with van der Waals surface area (Å²) in [5.74, 6) is 7.25. The van der Waals surface area contributed by atoms with E-state index in [4.69, 9.17) is 94.7 Å². The lowest BCUT2D eigenvalue weighted by atomic mass is 9.98. The Kier molecular flexibility index (Phi) is 58.8. The SMILES string of the molecule is CCC(C)c1ccccc1OC(C)OC.CCOC(C)Oc1c(O)cc(C(C)CC)cc1O.CCOC(C)Oc1cc(C(C)CC)cc(O)c1OC(C)OCC.CCOC(C)Oc1cc(C(C)CC)cc(OC(C)OCC)c1O.CCOC(C)Oc1cc(C(C)CC)cc(OC(C)OCC)c1OC(C)OCC.CCOC(C)Oc1cccc(C(C)CC)c1. The lowest BCUT2D eigenvalue weighted by molar-refractivity contribution is -0.0849. The fourth-order valence-corrected chi connectivity index (χ4v) is 11.9. The molecular weight excluding hydrogens is 1570 g/mol. The van der Waals surface area contributed by atoms with Crippen molar-refractivity contribution in [1.82, 2.24) is 0 Å². The lowest BCUT2D eigenvalue weighted by Gasteiger charge is -2.25. The van der Waals surface area contributed by atoms with Crippen LogP contribution in [0.15, 0.2) is 97.1 Å². The van der Waals surface area contributed by atoms with Crippen LogP contribution in [0.2, 0.25) is 0 Å². The van der Waals surface area contributed by atoms with Crippen molar-refractivity contribution in [2.75, 3.05) is 66.6 Å². The summed E-state index contributed by atoms with van der Waals surface area (Å²) in [4.78, 5) is 0. The predicted octanol–water partition coefficient (Wildman–Crippen LogP) is 25.2. The molecule has 0 spiro atoms. The Labute approximate surface area is 740 Å². The monoisotopic (exact) mass is 1740 g/mol. The Morgan fingerprint density at radius 1 is 0.228 bits per heavy atom. The first-order valence-corrected chi connectivity index (χ1v) is 44.9. The van der Waals surface area contributed by atoms with E-state index < -0.39 is 50.3 Å². The Balaban J connectivity index is 0.000000747. The van der Waals surface area contributed by atoms with Gasteiger partial charge in [0.05, 0.1) is 0 Å². The largest absolute Gasteiger partial charge is 0.504 e. The molecule has 0 radical (unpaired) electrons. The van der Waals surface area contributed by atoms with Crippen molar-refractivity contribution in [2.45, 2.75) is 352 Å². The molecule has 16 unspecified atom stereocenters. The molecule has 24 nitrogen and oxygen atoms in total. The fraction of sp³-hybridized carbons (Fsp3) is 0.636. The maximum atomic E-state index is 10.4. The highest BCUT2D eigenvalue weighted by atomic mass is 16.7. The number of aromatic hydroxyl groups is 4. The molecule has 0 aliphatic rings. The smallest absolute Gasteiger partial charge is 0.206 e. The quantitative estimate of drug-likeness (QED) is 0.0259. The van der Waals surface area contributed by atoms with Gasteiger partial charge in [0, 0.05) is 66.6 Å². The van der Waals surface area contributed by atoms with Gasteiger partial charge in [0.2, 0.25) is 23.0 Å². The molecule has 6 aromatic carbocycles. The van der Waals surface area contributed by atoms with Crippen molar-refractivity contribution in [3.63, 3.8) is 0 Å². The Morgan fingerprint density at radius 2 is 0.488 bits per heavy atom. The third-order valence-corrected chi connectivity index (χ3v) is 19.9. The number of hydrogen-bond donors (Lipinski definition) is 4. The third-order valence-electron chi connectivity index (χ3n) is 19.9. The topological polar surface area (TPSA) is 266 Å². The first-order chi connectivity index (χ1) is 58.5. The van der Waals surface area contributed by atoms with Crippen LogP contribution >= 0.6 is 0 Å². The first kappa shape index (κ1) is 113. The number of hydrogen-bond acceptors (Lipinski definition) is 24. The van der Waals surface area contributed by atoms with Crippen molar-refractivity contribution in [3.8, 4) is 80.5 Å². The van der Waals surface area contributed by atoms with E-state index in [1.165, 1.54) is 11.1 Å². The molecule has 16 atom stereocenters. The second kappa shape index (κ2) is 63.9. The minimum atomic E-state index is -0.513. The van der Waals surface area contributed by atoms with Gasteiger partial charge in [-0.3, -0.25) is 0 Å². The van der Waals surface area contributed by atoms with Crippen LogP contribution in [-0.2, 0) is 47.4 Å². The third kappa shape index (κ3) is 43.3. The van der Waals surface area contributed by atoms with Gasteiger partial charge in [-0.2, -0.15) is 0 Å². The van der Waals surface area contributed by atoms with E-state index in [0.717, 1.165) is 72.3 Å². The maximum absolute atomic E-state index is 10.4. The Bertz CT molecular complexity index is 3630. The van der Waals surface area contributed by atoms with Crippen LogP contribution < -0.4 is 47.4 Å². The molecule has 0 aromatic heterocycles. The molecular formula is C99H162O24. The molecule has 0 fully saturated rings. The Hall–Kier alpha value is -7.88. The van der Waals surface area contributed by atoms with Crippen molar-refractivity contribution in [1.29, 1.82) is 0 Å². The molecule has 0 heterocycles. The summed E-state index contributed by atoms with van der Waals surface area (Å²) in [6, 6.07) is 31.0. The van der Waals surface area contributed by atoms with Crippen molar-refractivity contribution >= 4 is 0 Å². The van der Waals surface area contributed by atoms with Crippen molar-refractivity contribution in [3.05, 3.63) is 130 Å². The highest BCUT2D eigenvalue weighted by Crippen LogP contribution is 2.46. The van der Waals surface area contributed by atoms with Gasteiger partial charge in [-0.25, -0.2) is 0 Å². The van der Waals surface area contributed by atoms with Crippen molar-refractivity contribution in [2.24, 2.45) is 0 Å². The molecule has 702 valence electrons. The molecule has 123 heavy (non-hydrogen) atoms. The summed E-state index contributed by atoms with van der Waals surface area (Å²) >= 11 is 0. The summed E-state index contributed by atoms with van der Waals surface area (Å²) in [7, 11) is 1.65. The van der Waals surface area contributed by atoms with Crippen LogP contribution in [0.3, 0.4) is 0 Å². The minimum absolute atomic E-state index is 0.0323. The summed E-state index contributed by atoms with van der Waals surface area (Å²) in [5.41, 5.74) is 6.62. The molecule has 0 amide bonds. The van der Waals surface area contributed by atoms with Crippen LogP contribution in [0.5, 0.6) is 80.5 Å². The van der Waals surface area contributed by atoms with Gasteiger partial charge in [-0.15, -0.1) is 0 Å². The number of methoxy groups -OCH3 is 1. The summed E-state index contributed by atoms with van der Waals surface area (Å²) in [6.07, 6.45) is 2.14. The number of para-hydroxylation sites is 1. The van der Waals surface area contributed by atoms with E-state index in [0.29, 0.717) is 124 Å². The van der Waals surface area contributed by atoms with E-state index in [-0.39, 0.29) is 53.0 Å². The van der Waals surface area contributed by atoms with E-state index in [9.17, 15) is 20.4 Å². The van der Waals surface area contributed by atoms with E-state index in [1.54, 1.807) is 53.0 Å². The number of ether oxygens (including phenoxy) is 20. The zero-order valence-corrected chi connectivity index (χ0v) is 81.0. The molecule has 0 saturated carbocycles. The van der Waals surface area contributed by atoms with Gasteiger partial charge in [-0.05, 0) is 306 Å². The minimum Gasteiger partial charge on any atom is -0.504 e. The van der Waals surface area contributed by atoms with E-state index >= 15 is 0 Å². The number of benzene rings is 6. The first-order valence-electron chi connectivity index (χ1n) is 44.9. The predicted molar refractivity (Wildman–Crippen MR) is 490 cm³/mol. The highest BCUT2D eigenvalue weighted by molar-refractivity contribution is 5.57. The average molecular weight is 1740 g/mol. The Morgan fingerprint density at radius 3 is 0.829 bits per heavy atom. The summed E-state index contributed by atoms with van der Waals surface area (Å²) < 4.78 is 112. The van der Waals surface area contributed by atoms with Crippen LogP contribution in [0.4, 0.5) is 0 Å². The molecule has 0 bridgehead atoms. The normalized spacial score (nSPS) is 14.9. The fourth-order valence-electron chi connectivity index (χ4n) is 11.9. The molecule has 0 aliphatic heterocycles. The molecule has 0 aliphatic carbocycles. The van der Waals surface area contributed by atoms with E-state index in [1.807, 2.05) is 171 Å². The maximum Gasteiger partial charge on any atom is 0.206 e. The van der Waals surface area contributed by atoms with Gasteiger partial charge in [-0.1, -0.05) is 113 Å². The van der Waals surface area contributed by atoms with Gasteiger partial charge in [0.25, 0.3) is 0 Å². The number of rotatable bonds is 51. The zero-order chi connectivity index (χ0) is 92.8. The number of phenols is 4. The zero-order valence-electron chi connectivity index (χ0n) is 81.0. The summed E-state index contributed by atoms with van der Waals surface area (Å²) in [5, 5.41) is 40.6. The van der Waals surface area contributed by atoms with Crippen LogP contribution in [-0.4, -0.2) is 150 Å². The molecule has 6 rings (SSSR count). The van der Waals surface area contributed by atoms with Crippen molar-refractivity contribution < 1.29 is 115 Å². The van der Waals surface area contributed by atoms with Crippen LogP contribution in [0.1, 0.15) is 322 Å². The standard InChI is InChI=1S/C22H38O6.2C18H30O5.C14H22O4.C14H22O2.C13H20O2/c1-9-15(5)19-13-20(26-16(6)23-10-2)22(28-18(8)25-12-4)21(14-19)27-17(7)24-11-3;1-7-12(4)15-10-16(22-13(5)20-8-2)18(19)17(11-15)23-14(6)21-9-3;1-7-12(4)15-10-16(19)18(23-14(6)21-9-3)17(11-15)22-13(5)20-8-2;1-5-9(3)11-7-12(15)14(13(16)8-11)18-10(4)17-6-2;1-5-11(3)13-8-7-9-14(10-13)16-12(4)15-6-2;1-5-10(2)12-8-6-7-9-13(12)15-11(3)14-4/h13-18H,9-12H2,1-8H3;2*10-14,19H,7-9H2,1-6H3;7-10,15-16H,5-6H2,1-4H3;7-12H,5-6H2,1-4H3;6-11H,5H2,1-4H3. The molecule has 24 heteroatoms. The second-order valence-electron chi connectivity index (χ2n) is 29.6. The van der Waals surface area contributed by atoms with Crippen LogP contribution in [0.25, 0.3) is 0 Å². The second-order valence-corrected chi connectivity index (χ2v) is 29.6. The summed E-state index contributed by atoms with van der Waals surface area (Å²) in [6.45, 7) is 66.1.